The van der Waals surface area contributed by atoms with Gasteiger partial charge in [0.05, 0.1) is 36.7 Å². The van der Waals surface area contributed by atoms with Crippen molar-refractivity contribution in [1.29, 1.82) is 0 Å². The number of hydrogen-bond acceptors (Lipinski definition) is 14. The number of carbonyl (C=O) groups is 6. The maximum atomic E-state index is 16.3. The first kappa shape index (κ1) is 47.3. The third kappa shape index (κ3) is 10.9. The summed E-state index contributed by atoms with van der Waals surface area (Å²) in [5, 5.41) is 2.93. The number of nitrogens with one attached hydrogen (secondary N) is 1. The van der Waals surface area contributed by atoms with Crippen molar-refractivity contribution < 1.29 is 65.4 Å². The summed E-state index contributed by atoms with van der Waals surface area (Å²) in [6, 6.07) is 3.08. The van der Waals surface area contributed by atoms with Crippen molar-refractivity contribution in [3.63, 3.8) is 0 Å². The van der Waals surface area contributed by atoms with Gasteiger partial charge in [-0.1, -0.05) is 31.7 Å². The Bertz CT molecular complexity index is 2110. The summed E-state index contributed by atoms with van der Waals surface area (Å²) in [6.45, 7) is 7.70. The first-order valence-corrected chi connectivity index (χ1v) is 24.9. The van der Waals surface area contributed by atoms with E-state index < -0.39 is 62.5 Å². The van der Waals surface area contributed by atoms with Gasteiger partial charge in [-0.05, 0) is 87.3 Å². The molecule has 1 N–H and O–H groups in total. The van der Waals surface area contributed by atoms with Gasteiger partial charge in [0.15, 0.2) is 5.12 Å². The van der Waals surface area contributed by atoms with Gasteiger partial charge in [-0.25, -0.2) is 4.79 Å². The second kappa shape index (κ2) is 19.8. The average Bonchev–Trinajstić information content (AvgIpc) is 3.56. The smallest absolute Gasteiger partial charge is 0.432 e. The Hall–Kier alpha value is -3.68. The number of alkyl halides is 2. The zero-order chi connectivity index (χ0) is 45.2. The molecule has 1 unspecified atom stereocenters. The van der Waals surface area contributed by atoms with Crippen molar-refractivity contribution in [2.75, 3.05) is 58.5 Å². The minimum Gasteiger partial charge on any atom is -0.432 e. The predicted octanol–water partition coefficient (Wildman–Crippen LogP) is 6.21. The number of halogens is 2. The Morgan fingerprint density at radius 2 is 1.70 bits per heavy atom. The largest absolute Gasteiger partial charge is 0.510 e. The summed E-state index contributed by atoms with van der Waals surface area (Å²) in [6.07, 6.45) is 1.70. The lowest BCUT2D eigenvalue weighted by atomic mass is 9.96. The lowest BCUT2D eigenvalue weighted by molar-refractivity contribution is -0.156. The van der Waals surface area contributed by atoms with Crippen molar-refractivity contribution in [2.45, 2.75) is 96.1 Å². The van der Waals surface area contributed by atoms with Crippen LogP contribution in [0, 0.1) is 23.7 Å². The minimum absolute atomic E-state index is 0.00979. The summed E-state index contributed by atoms with van der Waals surface area (Å²) >= 11 is 1.87. The van der Waals surface area contributed by atoms with E-state index in [0.29, 0.717) is 69.3 Å². The molecule has 1 aromatic heterocycles. The fraction of sp³-hybridized carbons (Fsp3) is 0.667. The average molecular weight is 941 g/mol. The molecule has 5 fully saturated rings. The van der Waals surface area contributed by atoms with Crippen LogP contribution < -0.4 is 5.32 Å². The Balaban J connectivity index is 1.03. The molecule has 4 saturated heterocycles. The van der Waals surface area contributed by atoms with E-state index in [0.717, 1.165) is 48.1 Å². The molecule has 16 nitrogen and oxygen atoms in total. The fourth-order valence-electron chi connectivity index (χ4n) is 8.70. The van der Waals surface area contributed by atoms with Crippen LogP contribution in [0.2, 0.25) is 0 Å². The Labute approximate surface area is 372 Å². The lowest BCUT2D eigenvalue weighted by Gasteiger charge is -2.44. The summed E-state index contributed by atoms with van der Waals surface area (Å²) in [5.74, 6) is -0.783. The SMILES string of the molecule is CC(C)CC(=O)SCCOP(=O)(OCOC(=O)OC(C)C)C(F)(F)c1ccc2sc(C(=O)N[C@H]3C[C@@H]4C[C@@H]4C[C@H]4CC[C@@H](C(=O)N5CC(C(=O)N6CCOCC6)C5)N4C3=O)cc2c1. The van der Waals surface area contributed by atoms with Gasteiger partial charge in [0.2, 0.25) is 24.5 Å². The van der Waals surface area contributed by atoms with Gasteiger partial charge in [-0.2, -0.15) is 8.78 Å². The molecule has 4 aliphatic heterocycles. The van der Waals surface area contributed by atoms with Gasteiger partial charge in [0, 0.05) is 54.7 Å². The number of benzene rings is 1. The normalized spacial score (nSPS) is 24.9. The lowest BCUT2D eigenvalue weighted by Crippen LogP contribution is -2.62. The standard InChI is InChI=1S/C42H55F2N4O12PS2/c1-24(2)15-36(49)62-14-13-58-61(55,59-23-57-41(54)60-25(3)4)42(43,44)30-5-8-34-28(17-30)20-35(63-34)37(50)45-32-19-27-16-26(27)18-31-6-7-33(48(31)39(32)52)40(53)47-21-29(22-47)38(51)46-9-11-56-12-10-46/h5,8,17,20,24-27,29,31-33H,6-7,9-16,18-19,21-23H2,1-4H3,(H,45,50)/t26-,27+,31-,32+,33+,61?/m1/s1. The van der Waals surface area contributed by atoms with Crippen LogP contribution >= 0.6 is 30.7 Å². The third-order valence-electron chi connectivity index (χ3n) is 12.0. The van der Waals surface area contributed by atoms with Crippen molar-refractivity contribution >= 4 is 75.7 Å². The zero-order valence-electron chi connectivity index (χ0n) is 35.8. The molecule has 0 spiro atoms. The van der Waals surface area contributed by atoms with Crippen molar-refractivity contribution in [2.24, 2.45) is 23.7 Å². The van der Waals surface area contributed by atoms with Gasteiger partial charge in [-0.15, -0.1) is 11.3 Å². The molecule has 5 aliphatic rings. The van der Waals surface area contributed by atoms with Crippen LogP contribution in [0.1, 0.15) is 81.5 Å². The summed E-state index contributed by atoms with van der Waals surface area (Å²) in [7, 11) is -5.45. The van der Waals surface area contributed by atoms with Crippen molar-refractivity contribution in [3.8, 4) is 0 Å². The summed E-state index contributed by atoms with van der Waals surface area (Å²) < 4.78 is 72.1. The van der Waals surface area contributed by atoms with E-state index in [9.17, 15) is 33.3 Å². The van der Waals surface area contributed by atoms with Gasteiger partial charge in [0.25, 0.3) is 5.91 Å². The molecule has 1 saturated carbocycles. The van der Waals surface area contributed by atoms with Crippen molar-refractivity contribution in [3.05, 3.63) is 34.7 Å². The van der Waals surface area contributed by atoms with Gasteiger partial charge in [-0.3, -0.25) is 33.1 Å². The topological polar surface area (TPSA) is 187 Å². The van der Waals surface area contributed by atoms with Crippen LogP contribution in [0.25, 0.3) is 10.1 Å². The van der Waals surface area contributed by atoms with E-state index in [-0.39, 0.29) is 69.1 Å². The zero-order valence-corrected chi connectivity index (χ0v) is 38.3. The first-order chi connectivity index (χ1) is 29.9. The molecule has 21 heteroatoms. The molecule has 0 radical (unpaired) electrons. The molecule has 5 heterocycles. The van der Waals surface area contributed by atoms with Gasteiger partial charge in [0.1, 0.15) is 12.1 Å². The molecule has 346 valence electrons. The van der Waals surface area contributed by atoms with Crippen LogP contribution in [-0.4, -0.2) is 132 Å². The predicted molar refractivity (Wildman–Crippen MR) is 228 cm³/mol. The van der Waals surface area contributed by atoms with E-state index in [1.807, 2.05) is 13.8 Å². The Morgan fingerprint density at radius 3 is 2.41 bits per heavy atom. The van der Waals surface area contributed by atoms with Crippen LogP contribution in [0.3, 0.4) is 0 Å². The molecule has 2 aromatic rings. The number of thioether (sulfide) groups is 1. The highest BCUT2D eigenvalue weighted by atomic mass is 32.2. The van der Waals surface area contributed by atoms with E-state index in [2.05, 4.69) is 5.32 Å². The number of carbonyl (C=O) groups excluding carboxylic acids is 6. The highest BCUT2D eigenvalue weighted by Gasteiger charge is 2.56. The van der Waals surface area contributed by atoms with Crippen LogP contribution in [0.4, 0.5) is 13.6 Å². The second-order valence-electron chi connectivity index (χ2n) is 17.5. The highest BCUT2D eigenvalue weighted by Crippen LogP contribution is 2.67. The molecule has 1 aliphatic carbocycles. The molecular weight excluding hydrogens is 886 g/mol. The van der Waals surface area contributed by atoms with Crippen LogP contribution in [0.15, 0.2) is 24.3 Å². The highest BCUT2D eigenvalue weighted by molar-refractivity contribution is 8.13. The number of nitrogens with zero attached hydrogens (tertiary/aromatic N) is 3. The molecule has 1 aromatic carbocycles. The van der Waals surface area contributed by atoms with Crippen LogP contribution in [0.5, 0.6) is 0 Å². The second-order valence-corrected chi connectivity index (χ2v) is 21.8. The van der Waals surface area contributed by atoms with E-state index in [1.54, 1.807) is 28.5 Å². The number of ether oxygens (including phenoxy) is 3. The number of rotatable bonds is 16. The van der Waals surface area contributed by atoms with E-state index in [1.165, 1.54) is 12.1 Å². The first-order valence-electron chi connectivity index (χ1n) is 21.5. The third-order valence-corrected chi connectivity index (χ3v) is 15.9. The Morgan fingerprint density at radius 1 is 0.968 bits per heavy atom. The van der Waals surface area contributed by atoms with Crippen molar-refractivity contribution in [1.82, 2.24) is 20.0 Å². The number of fused-ring (bicyclic) bond motifs is 3. The fourth-order valence-corrected chi connectivity index (χ4v) is 12.0. The van der Waals surface area contributed by atoms with Crippen LogP contribution in [-0.2, 0) is 52.7 Å². The van der Waals surface area contributed by atoms with Gasteiger partial charge < -0.3 is 38.8 Å². The molecule has 0 bridgehead atoms. The van der Waals surface area contributed by atoms with Gasteiger partial charge >= 0.3 is 19.4 Å². The van der Waals surface area contributed by atoms with E-state index in [4.69, 9.17) is 23.3 Å². The maximum Gasteiger partial charge on any atom is 0.510 e. The summed E-state index contributed by atoms with van der Waals surface area (Å²) in [5.41, 5.74) is -5.05. The number of hydrogen-bond donors (Lipinski definition) is 1. The number of likely N-dealkylation sites (tertiary alicyclic amines) is 1. The molecule has 6 atom stereocenters. The number of amides is 4. The quantitative estimate of drug-likeness (QED) is 0.0868. The molecular formula is C42H55F2N4O12PS2. The maximum absolute atomic E-state index is 16.3. The molecule has 4 amide bonds. The minimum atomic E-state index is -5.45. The Kier molecular flexibility index (Phi) is 14.9. The number of thiophene rings is 1. The number of morpholine rings is 1. The molecule has 7 rings (SSSR count). The monoisotopic (exact) mass is 940 g/mol. The molecule has 63 heavy (non-hydrogen) atoms. The van der Waals surface area contributed by atoms with E-state index >= 15 is 8.78 Å². The summed E-state index contributed by atoms with van der Waals surface area (Å²) in [4.78, 5) is 84.5.